The second-order valence-corrected chi connectivity index (χ2v) is 3.88. The summed E-state index contributed by atoms with van der Waals surface area (Å²) in [7, 11) is 4.26. The molecule has 0 atom stereocenters. The first kappa shape index (κ1) is 9.53. The van der Waals surface area contributed by atoms with Crippen LogP contribution in [0, 0.1) is 0 Å². The molecule has 0 bridgehead atoms. The van der Waals surface area contributed by atoms with Crippen LogP contribution in [-0.4, -0.2) is 25.5 Å². The van der Waals surface area contributed by atoms with Gasteiger partial charge in [0.1, 0.15) is 0 Å². The van der Waals surface area contributed by atoms with E-state index in [4.69, 9.17) is 0 Å². The molecule has 1 heteroatoms. The molecule has 0 aromatic heterocycles. The first-order valence-corrected chi connectivity index (χ1v) is 4.69. The predicted octanol–water partition coefficient (Wildman–Crippen LogP) is 2.60. The summed E-state index contributed by atoms with van der Waals surface area (Å²) in [5.41, 5.74) is 3.05. The van der Waals surface area contributed by atoms with Gasteiger partial charge >= 0.3 is 0 Å². The van der Waals surface area contributed by atoms with Crippen LogP contribution in [0.1, 0.15) is 26.2 Å². The van der Waals surface area contributed by atoms with E-state index in [0.717, 1.165) is 0 Å². The molecule has 1 aliphatic carbocycles. The van der Waals surface area contributed by atoms with Crippen LogP contribution in [0.4, 0.5) is 0 Å². The number of hydrogen-bond acceptors (Lipinski definition) is 1. The van der Waals surface area contributed by atoms with E-state index in [1.165, 1.54) is 37.0 Å². The first-order valence-electron chi connectivity index (χ1n) is 4.69. The molecule has 0 aromatic carbocycles. The normalized spacial score (nSPS) is 16.7. The molecule has 0 spiro atoms. The third-order valence-corrected chi connectivity index (χ3v) is 2.19. The maximum absolute atomic E-state index is 2.35. The maximum Gasteiger partial charge on any atom is -0.00217 e. The zero-order chi connectivity index (χ0) is 8.97. The van der Waals surface area contributed by atoms with Crippen molar-refractivity contribution in [3.63, 3.8) is 0 Å². The largest absolute Gasteiger partial charge is 0.309 e. The average molecular weight is 165 g/mol. The summed E-state index contributed by atoms with van der Waals surface area (Å²) in [5, 5.41) is 0. The Balaban J connectivity index is 2.16. The molecule has 0 aliphatic heterocycles. The number of allylic oxidation sites excluding steroid dienone is 4. The number of rotatable bonds is 4. The van der Waals surface area contributed by atoms with Crippen LogP contribution in [0.25, 0.3) is 0 Å². The van der Waals surface area contributed by atoms with Gasteiger partial charge in [-0.3, -0.25) is 0 Å². The monoisotopic (exact) mass is 165 g/mol. The fraction of sp³-hybridized carbons (Fsp3) is 0.636. The molecule has 0 N–H and O–H groups in total. The van der Waals surface area contributed by atoms with E-state index in [-0.39, 0.29) is 0 Å². The van der Waals surface area contributed by atoms with Crippen molar-refractivity contribution >= 4 is 0 Å². The van der Waals surface area contributed by atoms with Crippen LogP contribution in [-0.2, 0) is 0 Å². The number of hydrogen-bond donors (Lipinski definition) is 0. The lowest BCUT2D eigenvalue weighted by molar-refractivity contribution is 0.400. The summed E-state index contributed by atoms with van der Waals surface area (Å²) in [4.78, 5) is 2.24. The van der Waals surface area contributed by atoms with Gasteiger partial charge in [-0.2, -0.15) is 0 Å². The van der Waals surface area contributed by atoms with E-state index in [2.05, 4.69) is 38.1 Å². The Bertz CT molecular complexity index is 199. The minimum absolute atomic E-state index is 1.18. The molecule has 1 nitrogen and oxygen atoms in total. The van der Waals surface area contributed by atoms with E-state index in [9.17, 15) is 0 Å². The van der Waals surface area contributed by atoms with Crippen molar-refractivity contribution in [2.75, 3.05) is 20.6 Å². The Labute approximate surface area is 75.8 Å². The zero-order valence-corrected chi connectivity index (χ0v) is 8.43. The van der Waals surface area contributed by atoms with Crippen molar-refractivity contribution in [3.8, 4) is 0 Å². The smallest absolute Gasteiger partial charge is 0.00217 e. The Morgan fingerprint density at radius 1 is 1.42 bits per heavy atom. The van der Waals surface area contributed by atoms with Crippen LogP contribution in [0.5, 0.6) is 0 Å². The molecular weight excluding hydrogens is 146 g/mol. The fourth-order valence-corrected chi connectivity index (χ4v) is 1.50. The van der Waals surface area contributed by atoms with E-state index in [1.807, 2.05) is 0 Å². The highest BCUT2D eigenvalue weighted by Crippen LogP contribution is 2.20. The lowest BCUT2D eigenvalue weighted by atomic mass is 10.1. The molecule has 1 rings (SSSR count). The topological polar surface area (TPSA) is 3.24 Å². The van der Waals surface area contributed by atoms with Crippen LogP contribution in [0.2, 0.25) is 0 Å². The lowest BCUT2D eigenvalue weighted by Crippen LogP contribution is -2.12. The van der Waals surface area contributed by atoms with Gasteiger partial charge in [-0.05, 0) is 46.8 Å². The molecule has 12 heavy (non-hydrogen) atoms. The summed E-state index contributed by atoms with van der Waals surface area (Å²) in [6, 6.07) is 0. The second-order valence-electron chi connectivity index (χ2n) is 3.88. The van der Waals surface area contributed by atoms with Crippen molar-refractivity contribution in [1.82, 2.24) is 4.90 Å². The SMILES string of the molecule is CC1=CC(CCCN(C)C)=CC1. The summed E-state index contributed by atoms with van der Waals surface area (Å²) in [5.74, 6) is 0. The molecule has 0 radical (unpaired) electrons. The molecule has 0 saturated carbocycles. The van der Waals surface area contributed by atoms with Crippen LogP contribution >= 0.6 is 0 Å². The summed E-state index contributed by atoms with van der Waals surface area (Å²) >= 11 is 0. The van der Waals surface area contributed by atoms with E-state index in [1.54, 1.807) is 0 Å². The minimum atomic E-state index is 1.18. The highest BCUT2D eigenvalue weighted by atomic mass is 15.0. The first-order chi connectivity index (χ1) is 5.68. The van der Waals surface area contributed by atoms with Crippen molar-refractivity contribution < 1.29 is 0 Å². The van der Waals surface area contributed by atoms with E-state index in [0.29, 0.717) is 0 Å². The fourth-order valence-electron chi connectivity index (χ4n) is 1.50. The third kappa shape index (κ3) is 3.22. The molecule has 0 saturated heterocycles. The van der Waals surface area contributed by atoms with Gasteiger partial charge in [0.05, 0.1) is 0 Å². The molecule has 1 aliphatic rings. The summed E-state index contributed by atoms with van der Waals surface area (Å²) in [6.07, 6.45) is 8.39. The van der Waals surface area contributed by atoms with Crippen molar-refractivity contribution in [2.45, 2.75) is 26.2 Å². The van der Waals surface area contributed by atoms with E-state index >= 15 is 0 Å². The quantitative estimate of drug-likeness (QED) is 0.619. The lowest BCUT2D eigenvalue weighted by Gasteiger charge is -2.08. The summed E-state index contributed by atoms with van der Waals surface area (Å²) in [6.45, 7) is 3.40. The van der Waals surface area contributed by atoms with Crippen LogP contribution < -0.4 is 0 Å². The van der Waals surface area contributed by atoms with Gasteiger partial charge in [0.25, 0.3) is 0 Å². The Hall–Kier alpha value is -0.560. The molecule has 68 valence electrons. The van der Waals surface area contributed by atoms with Gasteiger partial charge in [-0.25, -0.2) is 0 Å². The average Bonchev–Trinajstić information content (AvgIpc) is 2.35. The third-order valence-electron chi connectivity index (χ3n) is 2.19. The van der Waals surface area contributed by atoms with Crippen LogP contribution in [0.15, 0.2) is 23.3 Å². The molecule has 0 aromatic rings. The Morgan fingerprint density at radius 3 is 2.67 bits per heavy atom. The summed E-state index contributed by atoms with van der Waals surface area (Å²) < 4.78 is 0. The van der Waals surface area contributed by atoms with Gasteiger partial charge in [-0.15, -0.1) is 0 Å². The predicted molar refractivity (Wildman–Crippen MR) is 54.2 cm³/mol. The van der Waals surface area contributed by atoms with Crippen molar-refractivity contribution in [2.24, 2.45) is 0 Å². The highest BCUT2D eigenvalue weighted by molar-refractivity contribution is 5.31. The highest BCUT2D eigenvalue weighted by Gasteiger charge is 2.02. The Kier molecular flexibility index (Phi) is 3.54. The van der Waals surface area contributed by atoms with Gasteiger partial charge in [0.2, 0.25) is 0 Å². The second kappa shape index (κ2) is 4.46. The standard InChI is InChI=1S/C11H19N/c1-10-6-7-11(9-10)5-4-8-12(2)3/h7,9H,4-6,8H2,1-3H3. The molecular formula is C11H19N. The van der Waals surface area contributed by atoms with E-state index < -0.39 is 0 Å². The van der Waals surface area contributed by atoms with Gasteiger partial charge < -0.3 is 4.90 Å². The molecule has 0 heterocycles. The van der Waals surface area contributed by atoms with Gasteiger partial charge in [-0.1, -0.05) is 23.3 Å². The molecule has 0 unspecified atom stereocenters. The van der Waals surface area contributed by atoms with Crippen molar-refractivity contribution in [1.29, 1.82) is 0 Å². The van der Waals surface area contributed by atoms with Gasteiger partial charge in [0, 0.05) is 0 Å². The van der Waals surface area contributed by atoms with Gasteiger partial charge in [0.15, 0.2) is 0 Å². The molecule has 0 amide bonds. The Morgan fingerprint density at radius 2 is 2.17 bits per heavy atom. The van der Waals surface area contributed by atoms with Crippen LogP contribution in [0.3, 0.4) is 0 Å². The zero-order valence-electron chi connectivity index (χ0n) is 8.43. The minimum Gasteiger partial charge on any atom is -0.309 e. The maximum atomic E-state index is 2.35. The number of nitrogens with zero attached hydrogens (tertiary/aromatic N) is 1. The van der Waals surface area contributed by atoms with Crippen molar-refractivity contribution in [3.05, 3.63) is 23.3 Å². The molecule has 0 fully saturated rings.